The highest BCUT2D eigenvalue weighted by Gasteiger charge is 2.22. The lowest BCUT2D eigenvalue weighted by atomic mass is 10.1. The molecule has 1 aliphatic rings. The molecule has 0 saturated carbocycles. The van der Waals surface area contributed by atoms with Crippen LogP contribution in [0.15, 0.2) is 16.7 Å². The molecular formula is C10H14BrN5O. The maximum Gasteiger partial charge on any atom is 0.314 e. The Balaban J connectivity index is 1.97. The molecule has 2 rings (SSSR count). The minimum atomic E-state index is -0.364. The molecule has 3 N–H and O–H groups in total. The van der Waals surface area contributed by atoms with Crippen LogP contribution in [-0.2, 0) is 0 Å². The van der Waals surface area contributed by atoms with E-state index in [1.807, 2.05) is 6.07 Å². The van der Waals surface area contributed by atoms with Gasteiger partial charge in [0.1, 0.15) is 5.82 Å². The molecule has 2 heterocycles. The Morgan fingerprint density at radius 1 is 1.65 bits per heavy atom. The third-order valence-electron chi connectivity index (χ3n) is 2.71. The molecule has 1 atom stereocenters. The normalized spacial score (nSPS) is 20.1. The largest absolute Gasteiger partial charge is 0.364 e. The van der Waals surface area contributed by atoms with Crippen LogP contribution in [0.2, 0.25) is 0 Å². The summed E-state index contributed by atoms with van der Waals surface area (Å²) in [5.74, 6) is 0.704. The molecule has 0 bridgehead atoms. The van der Waals surface area contributed by atoms with Gasteiger partial charge in [-0.1, -0.05) is 0 Å². The van der Waals surface area contributed by atoms with Gasteiger partial charge in [-0.15, -0.1) is 5.10 Å². The van der Waals surface area contributed by atoms with Gasteiger partial charge in [0, 0.05) is 23.6 Å². The summed E-state index contributed by atoms with van der Waals surface area (Å²) in [5.41, 5.74) is 5.27. The first-order valence-corrected chi connectivity index (χ1v) is 6.23. The second-order valence-corrected chi connectivity index (χ2v) is 4.94. The molecule has 17 heavy (non-hydrogen) atoms. The van der Waals surface area contributed by atoms with E-state index < -0.39 is 0 Å². The van der Waals surface area contributed by atoms with E-state index in [2.05, 4.69) is 31.4 Å². The summed E-state index contributed by atoms with van der Waals surface area (Å²) in [4.78, 5) is 12.7. The lowest BCUT2D eigenvalue weighted by Gasteiger charge is -2.32. The predicted molar refractivity (Wildman–Crippen MR) is 67.5 cm³/mol. The van der Waals surface area contributed by atoms with Crippen LogP contribution in [-0.4, -0.2) is 40.3 Å². The van der Waals surface area contributed by atoms with Gasteiger partial charge in [-0.3, -0.25) is 0 Å². The number of nitrogens with one attached hydrogen (secondary N) is 1. The fourth-order valence-electron chi connectivity index (χ4n) is 1.92. The quantitative estimate of drug-likeness (QED) is 0.859. The number of carbonyl (C=O) groups is 1. The Labute approximate surface area is 108 Å². The number of rotatable bonds is 2. The van der Waals surface area contributed by atoms with Crippen molar-refractivity contribution in [2.75, 3.05) is 18.4 Å². The first kappa shape index (κ1) is 12.1. The Bertz CT molecular complexity index is 413. The van der Waals surface area contributed by atoms with E-state index in [4.69, 9.17) is 5.73 Å². The van der Waals surface area contributed by atoms with Crippen molar-refractivity contribution in [2.45, 2.75) is 18.9 Å². The highest BCUT2D eigenvalue weighted by molar-refractivity contribution is 9.10. The van der Waals surface area contributed by atoms with Gasteiger partial charge in [-0.2, -0.15) is 5.10 Å². The summed E-state index contributed by atoms with van der Waals surface area (Å²) >= 11 is 3.34. The molecule has 0 radical (unpaired) electrons. The highest BCUT2D eigenvalue weighted by Crippen LogP contribution is 2.16. The van der Waals surface area contributed by atoms with E-state index in [1.165, 1.54) is 0 Å². The molecule has 1 saturated heterocycles. The van der Waals surface area contributed by atoms with Crippen molar-refractivity contribution in [2.24, 2.45) is 5.73 Å². The zero-order chi connectivity index (χ0) is 12.3. The van der Waals surface area contributed by atoms with Crippen LogP contribution in [0.5, 0.6) is 0 Å². The average Bonchev–Trinajstić information content (AvgIpc) is 2.29. The number of likely N-dealkylation sites (tertiary alicyclic amines) is 1. The fourth-order valence-corrected chi connectivity index (χ4v) is 2.23. The van der Waals surface area contributed by atoms with Gasteiger partial charge >= 0.3 is 6.03 Å². The number of piperidine rings is 1. The zero-order valence-corrected chi connectivity index (χ0v) is 10.9. The smallest absolute Gasteiger partial charge is 0.314 e. The molecule has 92 valence electrons. The van der Waals surface area contributed by atoms with Gasteiger partial charge in [0.15, 0.2) is 0 Å². The van der Waals surface area contributed by atoms with E-state index in [0.29, 0.717) is 12.4 Å². The van der Waals surface area contributed by atoms with Crippen LogP contribution in [0.4, 0.5) is 10.6 Å². The maximum absolute atomic E-state index is 11.1. The summed E-state index contributed by atoms with van der Waals surface area (Å²) in [7, 11) is 0. The predicted octanol–water partition coefficient (Wildman–Crippen LogP) is 1.19. The van der Waals surface area contributed by atoms with Gasteiger partial charge < -0.3 is 16.0 Å². The molecule has 6 nitrogen and oxygen atoms in total. The number of hydrogen-bond acceptors (Lipinski definition) is 4. The molecule has 0 spiro atoms. The number of nitrogens with zero attached hydrogens (tertiary/aromatic N) is 3. The van der Waals surface area contributed by atoms with Crippen molar-refractivity contribution < 1.29 is 4.79 Å². The van der Waals surface area contributed by atoms with Gasteiger partial charge in [-0.25, -0.2) is 4.79 Å². The van der Waals surface area contributed by atoms with E-state index in [9.17, 15) is 4.79 Å². The SMILES string of the molecule is NC(=O)N1CCCC(Nc2cc(Br)cnn2)C1. The molecule has 1 unspecified atom stereocenters. The number of amides is 2. The van der Waals surface area contributed by atoms with Gasteiger partial charge in [0.2, 0.25) is 0 Å². The number of aromatic nitrogens is 2. The molecule has 0 aliphatic carbocycles. The monoisotopic (exact) mass is 299 g/mol. The van der Waals surface area contributed by atoms with Crippen LogP contribution in [0.1, 0.15) is 12.8 Å². The molecule has 1 aliphatic heterocycles. The second-order valence-electron chi connectivity index (χ2n) is 4.03. The van der Waals surface area contributed by atoms with Crippen LogP contribution >= 0.6 is 15.9 Å². The molecule has 7 heteroatoms. The summed E-state index contributed by atoms with van der Waals surface area (Å²) in [5, 5.41) is 11.1. The van der Waals surface area contributed by atoms with Crippen molar-refractivity contribution >= 4 is 27.8 Å². The molecule has 1 fully saturated rings. The van der Waals surface area contributed by atoms with Crippen molar-refractivity contribution in [3.8, 4) is 0 Å². The van der Waals surface area contributed by atoms with Crippen LogP contribution in [0.25, 0.3) is 0 Å². The number of halogens is 1. The van der Waals surface area contributed by atoms with Crippen LogP contribution in [0, 0.1) is 0 Å². The minimum Gasteiger partial charge on any atom is -0.364 e. The van der Waals surface area contributed by atoms with E-state index in [0.717, 1.165) is 23.9 Å². The molecular weight excluding hydrogens is 286 g/mol. The number of nitrogens with two attached hydrogens (primary N) is 1. The molecule has 1 aromatic heterocycles. The number of urea groups is 1. The number of carbonyl (C=O) groups excluding carboxylic acids is 1. The zero-order valence-electron chi connectivity index (χ0n) is 9.27. The highest BCUT2D eigenvalue weighted by atomic mass is 79.9. The van der Waals surface area contributed by atoms with Crippen molar-refractivity contribution in [1.82, 2.24) is 15.1 Å². The minimum absolute atomic E-state index is 0.180. The standard InChI is InChI=1S/C10H14BrN5O/c11-7-4-9(15-13-5-7)14-8-2-1-3-16(6-8)10(12)17/h4-5,8H,1-3,6H2,(H2,12,17)(H,14,15). The van der Waals surface area contributed by atoms with E-state index in [-0.39, 0.29) is 12.1 Å². The number of hydrogen-bond donors (Lipinski definition) is 2. The fraction of sp³-hybridized carbons (Fsp3) is 0.500. The Kier molecular flexibility index (Phi) is 3.78. The van der Waals surface area contributed by atoms with Crippen molar-refractivity contribution in [3.05, 3.63) is 16.7 Å². The topological polar surface area (TPSA) is 84.1 Å². The van der Waals surface area contributed by atoms with Crippen molar-refractivity contribution in [3.63, 3.8) is 0 Å². The van der Waals surface area contributed by atoms with Gasteiger partial charge in [-0.05, 0) is 34.8 Å². The van der Waals surface area contributed by atoms with Gasteiger partial charge in [0.25, 0.3) is 0 Å². The van der Waals surface area contributed by atoms with E-state index in [1.54, 1.807) is 11.1 Å². The third kappa shape index (κ3) is 3.29. The maximum atomic E-state index is 11.1. The van der Waals surface area contributed by atoms with Crippen LogP contribution in [0.3, 0.4) is 0 Å². The first-order valence-electron chi connectivity index (χ1n) is 5.44. The Hall–Kier alpha value is -1.37. The summed E-state index contributed by atoms with van der Waals surface area (Å²) < 4.78 is 0.873. The summed E-state index contributed by atoms with van der Waals surface area (Å²) in [6, 6.07) is 1.67. The van der Waals surface area contributed by atoms with Crippen molar-refractivity contribution in [1.29, 1.82) is 0 Å². The van der Waals surface area contributed by atoms with Gasteiger partial charge in [0.05, 0.1) is 6.20 Å². The average molecular weight is 300 g/mol. The molecule has 0 aromatic carbocycles. The third-order valence-corrected chi connectivity index (χ3v) is 3.14. The summed E-state index contributed by atoms with van der Waals surface area (Å²) in [6.45, 7) is 1.35. The summed E-state index contributed by atoms with van der Waals surface area (Å²) in [6.07, 6.45) is 3.57. The number of anilines is 1. The lowest BCUT2D eigenvalue weighted by molar-refractivity contribution is 0.192. The molecule has 1 aromatic rings. The molecule has 2 amide bonds. The Morgan fingerprint density at radius 3 is 3.18 bits per heavy atom. The second kappa shape index (κ2) is 5.31. The number of primary amides is 1. The first-order chi connectivity index (χ1) is 8.15. The lowest BCUT2D eigenvalue weighted by Crippen LogP contribution is -2.47. The van der Waals surface area contributed by atoms with Crippen LogP contribution < -0.4 is 11.1 Å². The van der Waals surface area contributed by atoms with E-state index >= 15 is 0 Å². The Morgan fingerprint density at radius 2 is 2.47 bits per heavy atom.